The van der Waals surface area contributed by atoms with Gasteiger partial charge in [0, 0.05) is 23.0 Å². The van der Waals surface area contributed by atoms with E-state index >= 15 is 0 Å². The summed E-state index contributed by atoms with van der Waals surface area (Å²) in [6.07, 6.45) is -4.37. The first-order valence-electron chi connectivity index (χ1n) is 9.03. The van der Waals surface area contributed by atoms with Crippen LogP contribution in [-0.2, 0) is 11.0 Å². The highest BCUT2D eigenvalue weighted by Crippen LogP contribution is 2.44. The summed E-state index contributed by atoms with van der Waals surface area (Å²) in [5, 5.41) is 10.8. The van der Waals surface area contributed by atoms with Crippen LogP contribution in [-0.4, -0.2) is 23.4 Å². The first-order chi connectivity index (χ1) is 14.3. The number of carbonyl (C=O) groups is 1. The molecule has 30 heavy (non-hydrogen) atoms. The largest absolute Gasteiger partial charge is 0.416 e. The Morgan fingerprint density at radius 1 is 1.17 bits per heavy atom. The second-order valence-corrected chi connectivity index (χ2v) is 8.27. The first-order valence-corrected chi connectivity index (χ1v) is 10.4. The fourth-order valence-electron chi connectivity index (χ4n) is 3.63. The van der Waals surface area contributed by atoms with E-state index in [4.69, 9.17) is 11.6 Å². The lowest BCUT2D eigenvalue weighted by molar-refractivity contribution is -0.137. The predicted molar refractivity (Wildman–Crippen MR) is 110 cm³/mol. The number of amides is 1. The van der Waals surface area contributed by atoms with E-state index < -0.39 is 17.7 Å². The topological polar surface area (TPSA) is 47.3 Å². The van der Waals surface area contributed by atoms with Crippen molar-refractivity contribution in [1.82, 2.24) is 4.90 Å². The van der Waals surface area contributed by atoms with Gasteiger partial charge in [-0.25, -0.2) is 0 Å². The van der Waals surface area contributed by atoms with Crippen molar-refractivity contribution in [2.75, 3.05) is 17.4 Å². The Labute approximate surface area is 180 Å². The van der Waals surface area contributed by atoms with Gasteiger partial charge in [0.15, 0.2) is 0 Å². The van der Waals surface area contributed by atoms with E-state index in [-0.39, 0.29) is 19.0 Å². The number of rotatable bonds is 2. The van der Waals surface area contributed by atoms with Crippen LogP contribution in [0.25, 0.3) is 0 Å². The van der Waals surface area contributed by atoms with Crippen molar-refractivity contribution in [1.29, 1.82) is 5.26 Å². The minimum atomic E-state index is -4.44. The van der Waals surface area contributed by atoms with Crippen molar-refractivity contribution >= 4 is 35.0 Å². The molecule has 4 nitrogen and oxygen atoms in total. The number of allylic oxidation sites excluding steroid dienone is 1. The third-order valence-corrected chi connectivity index (χ3v) is 6.61. The molecule has 1 amide bonds. The van der Waals surface area contributed by atoms with Gasteiger partial charge < -0.3 is 4.90 Å². The van der Waals surface area contributed by atoms with Crippen LogP contribution in [0.15, 0.2) is 59.1 Å². The minimum Gasteiger partial charge on any atom is -0.344 e. The SMILES string of the molecule is N#CC1=C2SCN(c3cccc(C(F)(F)F)c3)CN2C(=O)C[C@H]1c1ccccc1Cl. The molecule has 2 aromatic rings. The van der Waals surface area contributed by atoms with Crippen LogP contribution in [0.3, 0.4) is 0 Å². The summed E-state index contributed by atoms with van der Waals surface area (Å²) < 4.78 is 39.2. The Balaban J connectivity index is 1.66. The van der Waals surface area contributed by atoms with E-state index in [2.05, 4.69) is 6.07 Å². The Morgan fingerprint density at radius 2 is 1.93 bits per heavy atom. The number of alkyl halides is 3. The third kappa shape index (κ3) is 3.75. The molecule has 1 atom stereocenters. The number of anilines is 1. The number of hydrogen-bond acceptors (Lipinski definition) is 4. The highest BCUT2D eigenvalue weighted by atomic mass is 35.5. The molecule has 154 valence electrons. The number of benzene rings is 2. The second kappa shape index (κ2) is 7.89. The molecule has 9 heteroatoms. The fourth-order valence-corrected chi connectivity index (χ4v) is 5.06. The molecule has 0 saturated carbocycles. The molecule has 4 rings (SSSR count). The number of halogens is 4. The maximum Gasteiger partial charge on any atom is 0.416 e. The number of hydrogen-bond donors (Lipinski definition) is 0. The van der Waals surface area contributed by atoms with Gasteiger partial charge in [0.1, 0.15) is 0 Å². The summed E-state index contributed by atoms with van der Waals surface area (Å²) in [6.45, 7) is 0.0862. The predicted octanol–water partition coefficient (Wildman–Crippen LogP) is 5.58. The Hall–Kier alpha value is -2.63. The average molecular weight is 450 g/mol. The van der Waals surface area contributed by atoms with Crippen molar-refractivity contribution < 1.29 is 18.0 Å². The smallest absolute Gasteiger partial charge is 0.344 e. The van der Waals surface area contributed by atoms with E-state index in [1.165, 1.54) is 22.7 Å². The van der Waals surface area contributed by atoms with Crippen molar-refractivity contribution in [2.24, 2.45) is 0 Å². The van der Waals surface area contributed by atoms with Gasteiger partial charge in [0.25, 0.3) is 0 Å². The van der Waals surface area contributed by atoms with Crippen LogP contribution >= 0.6 is 23.4 Å². The molecule has 0 unspecified atom stereocenters. The molecule has 0 aromatic heterocycles. The highest BCUT2D eigenvalue weighted by molar-refractivity contribution is 8.03. The highest BCUT2D eigenvalue weighted by Gasteiger charge is 2.39. The molecular formula is C21H15ClF3N3OS. The Bertz CT molecular complexity index is 1080. The second-order valence-electron chi connectivity index (χ2n) is 6.93. The lowest BCUT2D eigenvalue weighted by Crippen LogP contribution is -2.47. The van der Waals surface area contributed by atoms with E-state index in [1.807, 2.05) is 0 Å². The van der Waals surface area contributed by atoms with E-state index in [1.54, 1.807) is 35.2 Å². The molecule has 2 aromatic carbocycles. The lowest BCUT2D eigenvalue weighted by atomic mass is 9.86. The van der Waals surface area contributed by atoms with E-state index in [0.29, 0.717) is 27.2 Å². The van der Waals surface area contributed by atoms with Crippen molar-refractivity contribution in [3.05, 3.63) is 75.3 Å². The quantitative estimate of drug-likeness (QED) is 0.600. The molecule has 0 radical (unpaired) electrons. The molecule has 0 bridgehead atoms. The zero-order valence-corrected chi connectivity index (χ0v) is 17.1. The van der Waals surface area contributed by atoms with Gasteiger partial charge >= 0.3 is 6.18 Å². The Morgan fingerprint density at radius 3 is 2.63 bits per heavy atom. The van der Waals surface area contributed by atoms with Crippen molar-refractivity contribution in [2.45, 2.75) is 18.5 Å². The fraction of sp³-hybridized carbons (Fsp3) is 0.238. The molecule has 1 fully saturated rings. The molecular weight excluding hydrogens is 435 g/mol. The first kappa shape index (κ1) is 20.6. The summed E-state index contributed by atoms with van der Waals surface area (Å²) in [4.78, 5) is 16.1. The summed E-state index contributed by atoms with van der Waals surface area (Å²) >= 11 is 7.56. The van der Waals surface area contributed by atoms with Crippen LogP contribution in [0.2, 0.25) is 5.02 Å². The summed E-state index contributed by atoms with van der Waals surface area (Å²) in [7, 11) is 0. The van der Waals surface area contributed by atoms with Crippen LogP contribution in [0.5, 0.6) is 0 Å². The lowest BCUT2D eigenvalue weighted by Gasteiger charge is -2.42. The van der Waals surface area contributed by atoms with Crippen LogP contribution in [0, 0.1) is 11.3 Å². The van der Waals surface area contributed by atoms with Crippen molar-refractivity contribution in [3.63, 3.8) is 0 Å². The summed E-state index contributed by atoms with van der Waals surface area (Å²) in [5.41, 5.74) is 0.803. The van der Waals surface area contributed by atoms with Gasteiger partial charge in [-0.2, -0.15) is 18.4 Å². The van der Waals surface area contributed by atoms with Gasteiger partial charge in [0.05, 0.1) is 34.8 Å². The number of carbonyl (C=O) groups excluding carboxylic acids is 1. The number of thioether (sulfide) groups is 1. The van der Waals surface area contributed by atoms with Gasteiger partial charge in [-0.15, -0.1) is 0 Å². The van der Waals surface area contributed by atoms with Crippen LogP contribution < -0.4 is 4.90 Å². The minimum absolute atomic E-state index is 0.0765. The molecule has 1 saturated heterocycles. The standard InChI is InChI=1S/C21H15ClF3N3OS/c22-18-7-2-1-6-15(18)16-9-19(29)28-11-27(12-30-20(28)17(16)10-26)14-5-3-4-13(8-14)21(23,24)25/h1-8,16H,9,11-12H2/t16-/m0/s1. The average Bonchev–Trinajstić information content (AvgIpc) is 2.73. The van der Waals surface area contributed by atoms with Gasteiger partial charge in [0.2, 0.25) is 5.91 Å². The van der Waals surface area contributed by atoms with E-state index in [0.717, 1.165) is 17.7 Å². The van der Waals surface area contributed by atoms with Crippen LogP contribution in [0.1, 0.15) is 23.5 Å². The summed E-state index contributed by atoms with van der Waals surface area (Å²) in [5.74, 6) is -0.311. The molecule has 0 aliphatic carbocycles. The maximum atomic E-state index is 13.1. The Kier molecular flexibility index (Phi) is 5.43. The monoisotopic (exact) mass is 449 g/mol. The zero-order valence-electron chi connectivity index (χ0n) is 15.5. The molecule has 0 spiro atoms. The third-order valence-electron chi connectivity index (χ3n) is 5.11. The van der Waals surface area contributed by atoms with Gasteiger partial charge in [-0.1, -0.05) is 47.6 Å². The number of nitrogens with zero attached hydrogens (tertiary/aromatic N) is 3. The molecule has 2 aliphatic rings. The summed E-state index contributed by atoms with van der Waals surface area (Å²) in [6, 6.07) is 14.3. The number of fused-ring (bicyclic) bond motifs is 1. The maximum absolute atomic E-state index is 13.1. The van der Waals surface area contributed by atoms with Crippen LogP contribution in [0.4, 0.5) is 18.9 Å². The van der Waals surface area contributed by atoms with Gasteiger partial charge in [-0.3, -0.25) is 9.69 Å². The molecule has 0 N–H and O–H groups in total. The number of nitriles is 1. The normalized spacial score (nSPS) is 19.6. The van der Waals surface area contributed by atoms with E-state index in [9.17, 15) is 23.2 Å². The molecule has 2 heterocycles. The zero-order chi connectivity index (χ0) is 21.5. The van der Waals surface area contributed by atoms with Crippen molar-refractivity contribution in [3.8, 4) is 6.07 Å². The molecule has 2 aliphatic heterocycles. The van der Waals surface area contributed by atoms with Gasteiger partial charge in [-0.05, 0) is 29.8 Å².